The van der Waals surface area contributed by atoms with Crippen LogP contribution in [0.25, 0.3) is 5.82 Å². The Morgan fingerprint density at radius 3 is 2.75 bits per heavy atom. The van der Waals surface area contributed by atoms with Crippen molar-refractivity contribution in [3.63, 3.8) is 0 Å². The van der Waals surface area contributed by atoms with Crippen LogP contribution >= 0.6 is 0 Å². The minimum atomic E-state index is -3.66. The molecule has 1 aliphatic rings. The molecule has 0 bridgehead atoms. The molecule has 0 amide bonds. The van der Waals surface area contributed by atoms with Gasteiger partial charge in [0.15, 0.2) is 5.03 Å². The Morgan fingerprint density at radius 1 is 1.21 bits per heavy atom. The predicted molar refractivity (Wildman–Crippen MR) is 105 cm³/mol. The van der Waals surface area contributed by atoms with Crippen LogP contribution in [-0.2, 0) is 17.1 Å². The predicted octanol–water partition coefficient (Wildman–Crippen LogP) is 2.65. The van der Waals surface area contributed by atoms with Crippen LogP contribution in [0.2, 0.25) is 0 Å². The van der Waals surface area contributed by atoms with Crippen LogP contribution in [0.5, 0.6) is 0 Å². The molecule has 3 aromatic heterocycles. The van der Waals surface area contributed by atoms with Crippen LogP contribution in [0.15, 0.2) is 48.1 Å². The number of aromatic nitrogens is 5. The first-order valence-corrected chi connectivity index (χ1v) is 10.8. The van der Waals surface area contributed by atoms with Gasteiger partial charge in [-0.15, -0.1) is 0 Å². The van der Waals surface area contributed by atoms with Gasteiger partial charge >= 0.3 is 0 Å². The van der Waals surface area contributed by atoms with E-state index in [4.69, 9.17) is 4.98 Å². The van der Waals surface area contributed by atoms with Crippen LogP contribution in [0, 0.1) is 0 Å². The van der Waals surface area contributed by atoms with E-state index in [0.717, 1.165) is 30.2 Å². The number of hydrogen-bond acceptors (Lipinski definition) is 5. The summed E-state index contributed by atoms with van der Waals surface area (Å²) in [7, 11) is -1.90. The molecule has 0 spiro atoms. The molecule has 0 aromatic carbocycles. The van der Waals surface area contributed by atoms with Crippen molar-refractivity contribution in [2.75, 3.05) is 6.54 Å². The lowest BCUT2D eigenvalue weighted by molar-refractivity contribution is 0.388. The monoisotopic (exact) mass is 400 g/mol. The molecule has 0 aliphatic carbocycles. The molecule has 4 rings (SSSR count). The number of aryl methyl sites for hydroxylation is 1. The number of pyridine rings is 1. The van der Waals surface area contributed by atoms with Crippen LogP contribution in [0.4, 0.5) is 0 Å². The minimum Gasteiger partial charge on any atom is -0.339 e. The molecular weight excluding hydrogens is 376 g/mol. The van der Waals surface area contributed by atoms with Crippen molar-refractivity contribution in [3.05, 3.63) is 54.6 Å². The summed E-state index contributed by atoms with van der Waals surface area (Å²) in [4.78, 5) is 13.3. The van der Waals surface area contributed by atoms with Crippen LogP contribution in [0.3, 0.4) is 0 Å². The normalized spacial score (nSPS) is 18.2. The highest BCUT2D eigenvalue weighted by molar-refractivity contribution is 7.89. The number of nitrogens with zero attached hydrogens (tertiary/aromatic N) is 6. The van der Waals surface area contributed by atoms with Gasteiger partial charge in [0, 0.05) is 38.1 Å². The van der Waals surface area contributed by atoms with Crippen LogP contribution in [-0.4, -0.2) is 43.4 Å². The van der Waals surface area contributed by atoms with E-state index in [1.807, 2.05) is 29.0 Å². The molecule has 148 valence electrons. The fourth-order valence-electron chi connectivity index (χ4n) is 3.66. The molecule has 1 unspecified atom stereocenters. The first-order chi connectivity index (χ1) is 13.4. The summed E-state index contributed by atoms with van der Waals surface area (Å²) in [6.07, 6.45) is 8.22. The molecule has 0 saturated carbocycles. The molecule has 28 heavy (non-hydrogen) atoms. The van der Waals surface area contributed by atoms with E-state index in [-0.39, 0.29) is 17.0 Å². The van der Waals surface area contributed by atoms with Gasteiger partial charge in [-0.1, -0.05) is 19.9 Å². The van der Waals surface area contributed by atoms with Crippen LogP contribution in [0.1, 0.15) is 50.2 Å². The number of imidazole rings is 2. The maximum absolute atomic E-state index is 13.1. The minimum absolute atomic E-state index is 0.0785. The van der Waals surface area contributed by atoms with Gasteiger partial charge in [-0.3, -0.25) is 4.57 Å². The van der Waals surface area contributed by atoms with Crippen molar-refractivity contribution in [1.29, 1.82) is 0 Å². The van der Waals surface area contributed by atoms with E-state index >= 15 is 0 Å². The summed E-state index contributed by atoms with van der Waals surface area (Å²) in [6.45, 7) is 4.64. The Morgan fingerprint density at radius 2 is 2.04 bits per heavy atom. The second kappa shape index (κ2) is 7.14. The summed E-state index contributed by atoms with van der Waals surface area (Å²) in [5, 5.41) is 0.0785. The van der Waals surface area contributed by atoms with Gasteiger partial charge in [-0.25, -0.2) is 23.4 Å². The summed E-state index contributed by atoms with van der Waals surface area (Å²) < 4.78 is 31.3. The smallest absolute Gasteiger partial charge is 0.262 e. The quantitative estimate of drug-likeness (QED) is 0.657. The lowest BCUT2D eigenvalue weighted by Crippen LogP contribution is -2.31. The Labute approximate surface area is 164 Å². The Balaban J connectivity index is 1.70. The Bertz CT molecular complexity index is 1090. The van der Waals surface area contributed by atoms with Crippen LogP contribution < -0.4 is 0 Å². The number of hydrogen-bond donors (Lipinski definition) is 0. The van der Waals surface area contributed by atoms with Crippen molar-refractivity contribution < 1.29 is 8.42 Å². The van der Waals surface area contributed by atoms with Gasteiger partial charge in [0.25, 0.3) is 10.0 Å². The largest absolute Gasteiger partial charge is 0.339 e. The molecule has 1 atom stereocenters. The maximum atomic E-state index is 13.1. The van der Waals surface area contributed by atoms with E-state index < -0.39 is 10.0 Å². The average Bonchev–Trinajstić information content (AvgIpc) is 3.41. The SMILES string of the molecule is CC(C)c1nccn1-c1cccc(C2CCCN2S(=O)(=O)c2cn(C)cn2)n1. The first kappa shape index (κ1) is 18.8. The number of rotatable bonds is 5. The molecule has 1 fully saturated rings. The van der Waals surface area contributed by atoms with E-state index in [9.17, 15) is 8.42 Å². The molecule has 0 N–H and O–H groups in total. The Hall–Kier alpha value is -2.52. The van der Waals surface area contributed by atoms with Crippen molar-refractivity contribution in [2.45, 2.75) is 43.7 Å². The zero-order valence-corrected chi connectivity index (χ0v) is 17.0. The summed E-state index contributed by atoms with van der Waals surface area (Å²) >= 11 is 0. The third-order valence-corrected chi connectivity index (χ3v) is 6.78. The van der Waals surface area contributed by atoms with E-state index in [0.29, 0.717) is 6.54 Å². The summed E-state index contributed by atoms with van der Waals surface area (Å²) in [6, 6.07) is 5.44. The van der Waals surface area contributed by atoms with Crippen molar-refractivity contribution >= 4 is 10.0 Å². The van der Waals surface area contributed by atoms with Crippen molar-refractivity contribution in [2.24, 2.45) is 7.05 Å². The van der Waals surface area contributed by atoms with Gasteiger partial charge in [0.1, 0.15) is 11.6 Å². The second-order valence-electron chi connectivity index (χ2n) is 7.38. The zero-order valence-electron chi connectivity index (χ0n) is 16.2. The van der Waals surface area contributed by atoms with Gasteiger partial charge in [0.2, 0.25) is 0 Å². The standard InChI is InChI=1S/C19H24N6O2S/c1-14(2)19-20-9-11-24(19)17-8-4-6-15(22-17)16-7-5-10-25(16)28(26,27)18-12-23(3)13-21-18/h4,6,8-9,11-14,16H,5,7,10H2,1-3H3. The molecule has 1 saturated heterocycles. The lowest BCUT2D eigenvalue weighted by Gasteiger charge is -2.23. The zero-order chi connectivity index (χ0) is 19.9. The fraction of sp³-hybridized carbons (Fsp3) is 0.421. The maximum Gasteiger partial charge on any atom is 0.262 e. The Kier molecular flexibility index (Phi) is 4.80. The highest BCUT2D eigenvalue weighted by atomic mass is 32.2. The van der Waals surface area contributed by atoms with E-state index in [2.05, 4.69) is 23.8 Å². The topological polar surface area (TPSA) is 85.9 Å². The van der Waals surface area contributed by atoms with Gasteiger partial charge < -0.3 is 4.57 Å². The third kappa shape index (κ3) is 3.24. The van der Waals surface area contributed by atoms with E-state index in [1.54, 1.807) is 17.8 Å². The van der Waals surface area contributed by atoms with Gasteiger partial charge in [0.05, 0.1) is 18.1 Å². The molecule has 8 nitrogen and oxygen atoms in total. The van der Waals surface area contributed by atoms with Gasteiger partial charge in [-0.2, -0.15) is 4.31 Å². The lowest BCUT2D eigenvalue weighted by atomic mass is 10.1. The fourth-order valence-corrected chi connectivity index (χ4v) is 5.30. The highest BCUT2D eigenvalue weighted by Gasteiger charge is 2.38. The molecular formula is C19H24N6O2S. The van der Waals surface area contributed by atoms with Crippen molar-refractivity contribution in [1.82, 2.24) is 28.4 Å². The highest BCUT2D eigenvalue weighted by Crippen LogP contribution is 2.35. The number of sulfonamides is 1. The first-order valence-electron chi connectivity index (χ1n) is 9.38. The van der Waals surface area contributed by atoms with Gasteiger partial charge in [-0.05, 0) is 25.0 Å². The summed E-state index contributed by atoms with van der Waals surface area (Å²) in [5.41, 5.74) is 0.748. The molecule has 3 aromatic rings. The third-order valence-electron chi connectivity index (χ3n) is 4.99. The molecule has 1 aliphatic heterocycles. The average molecular weight is 401 g/mol. The molecule has 9 heteroatoms. The molecule has 4 heterocycles. The van der Waals surface area contributed by atoms with E-state index in [1.165, 1.54) is 16.8 Å². The second-order valence-corrected chi connectivity index (χ2v) is 9.22. The molecule has 0 radical (unpaired) electrons. The summed E-state index contributed by atoms with van der Waals surface area (Å²) in [5.74, 6) is 1.93. The van der Waals surface area contributed by atoms with Crippen molar-refractivity contribution in [3.8, 4) is 5.82 Å².